The van der Waals surface area contributed by atoms with Gasteiger partial charge in [-0.15, -0.1) is 5.10 Å². The van der Waals surface area contributed by atoms with Crippen LogP contribution in [0.5, 0.6) is 0 Å². The summed E-state index contributed by atoms with van der Waals surface area (Å²) in [6.45, 7) is 0. The third-order valence-electron chi connectivity index (χ3n) is 5.52. The average Bonchev–Trinajstić information content (AvgIpc) is 3.71. The summed E-state index contributed by atoms with van der Waals surface area (Å²) in [5, 5.41) is 15.7. The molecule has 0 radical (unpaired) electrons. The Morgan fingerprint density at radius 3 is 2.60 bits per heavy atom. The molecule has 1 aromatic carbocycles. The number of rotatable bonds is 7. The molecule has 2 saturated carbocycles. The minimum absolute atomic E-state index is 0.108. The Labute approximate surface area is 177 Å². The first-order valence-corrected chi connectivity index (χ1v) is 11.0. The third-order valence-corrected chi connectivity index (χ3v) is 6.47. The van der Waals surface area contributed by atoms with Crippen molar-refractivity contribution in [2.75, 3.05) is 12.9 Å². The number of hydrogen-bond acceptors (Lipinski definition) is 7. The summed E-state index contributed by atoms with van der Waals surface area (Å²) in [5.41, 5.74) is 1.98. The predicted molar refractivity (Wildman–Crippen MR) is 108 cm³/mol. The molecule has 1 atom stereocenters. The highest BCUT2D eigenvalue weighted by atomic mass is 32.2. The minimum atomic E-state index is -0.559. The van der Waals surface area contributed by atoms with Crippen LogP contribution in [0, 0.1) is 0 Å². The molecule has 0 saturated heterocycles. The molecule has 10 heteroatoms. The van der Waals surface area contributed by atoms with Crippen LogP contribution in [0.2, 0.25) is 0 Å². The summed E-state index contributed by atoms with van der Waals surface area (Å²) in [7, 11) is 1.37. The first-order valence-electron chi connectivity index (χ1n) is 10.0. The van der Waals surface area contributed by atoms with Gasteiger partial charge in [0.05, 0.1) is 24.8 Å². The maximum atomic E-state index is 13.0. The quantitative estimate of drug-likeness (QED) is 0.536. The van der Waals surface area contributed by atoms with Gasteiger partial charge in [-0.05, 0) is 41.7 Å². The molecule has 0 unspecified atom stereocenters. The fourth-order valence-corrected chi connectivity index (χ4v) is 4.73. The Hall–Kier alpha value is -2.88. The monoisotopic (exact) mass is 426 g/mol. The van der Waals surface area contributed by atoms with E-state index < -0.39 is 12.0 Å². The molecular weight excluding hydrogens is 404 g/mol. The molecule has 30 heavy (non-hydrogen) atoms. The van der Waals surface area contributed by atoms with Crippen LogP contribution in [0.25, 0.3) is 0 Å². The van der Waals surface area contributed by atoms with Gasteiger partial charge in [-0.2, -0.15) is 0 Å². The van der Waals surface area contributed by atoms with E-state index in [2.05, 4.69) is 20.8 Å². The number of nitrogens with zero attached hydrogens (tertiary/aromatic N) is 5. The fourth-order valence-electron chi connectivity index (χ4n) is 3.75. The van der Waals surface area contributed by atoms with E-state index in [-0.39, 0.29) is 12.1 Å². The topological polar surface area (TPSA) is 102 Å². The lowest BCUT2D eigenvalue weighted by molar-refractivity contribution is -0.136. The number of urea groups is 1. The molecule has 1 aromatic heterocycles. The number of ether oxygens (including phenoxy) is 1. The Morgan fingerprint density at radius 1 is 1.20 bits per heavy atom. The normalized spacial score (nSPS) is 21.6. The molecular formula is C20H22N6O3S. The fraction of sp³-hybridized carbons (Fsp3) is 0.450. The third kappa shape index (κ3) is 3.55. The highest BCUT2D eigenvalue weighted by Crippen LogP contribution is 2.41. The van der Waals surface area contributed by atoms with Gasteiger partial charge in [-0.1, -0.05) is 42.1 Å². The number of carbonyl (C=O) groups excluding carboxylic acids is 2. The van der Waals surface area contributed by atoms with Crippen molar-refractivity contribution >= 4 is 23.8 Å². The van der Waals surface area contributed by atoms with E-state index in [0.29, 0.717) is 28.2 Å². The van der Waals surface area contributed by atoms with Crippen LogP contribution >= 0.6 is 11.8 Å². The van der Waals surface area contributed by atoms with Crippen LogP contribution in [0.15, 0.2) is 46.8 Å². The van der Waals surface area contributed by atoms with Gasteiger partial charge in [0.15, 0.2) is 0 Å². The second kappa shape index (κ2) is 7.75. The molecule has 5 rings (SSSR count). The highest BCUT2D eigenvalue weighted by molar-refractivity contribution is 7.99. The van der Waals surface area contributed by atoms with Gasteiger partial charge < -0.3 is 10.1 Å². The van der Waals surface area contributed by atoms with Crippen LogP contribution in [0.4, 0.5) is 4.79 Å². The van der Waals surface area contributed by atoms with Crippen LogP contribution in [-0.2, 0) is 9.53 Å². The second-order valence-electron chi connectivity index (χ2n) is 7.67. The lowest BCUT2D eigenvalue weighted by Crippen LogP contribution is -2.50. The van der Waals surface area contributed by atoms with Crippen molar-refractivity contribution in [1.29, 1.82) is 0 Å². The van der Waals surface area contributed by atoms with E-state index in [1.54, 1.807) is 4.90 Å². The lowest BCUT2D eigenvalue weighted by atomic mass is 9.95. The molecule has 2 heterocycles. The Balaban J connectivity index is 1.54. The maximum absolute atomic E-state index is 13.0. The largest absolute Gasteiger partial charge is 0.466 e. The van der Waals surface area contributed by atoms with Gasteiger partial charge in [0, 0.05) is 17.5 Å². The molecule has 2 aliphatic carbocycles. The molecule has 0 spiro atoms. The summed E-state index contributed by atoms with van der Waals surface area (Å²) < 4.78 is 6.97. The van der Waals surface area contributed by atoms with E-state index in [0.717, 1.165) is 31.2 Å². The summed E-state index contributed by atoms with van der Waals surface area (Å²) >= 11 is 1.45. The van der Waals surface area contributed by atoms with E-state index >= 15 is 0 Å². The minimum Gasteiger partial charge on any atom is -0.466 e. The van der Waals surface area contributed by atoms with Gasteiger partial charge >= 0.3 is 12.0 Å². The molecule has 2 aromatic rings. The van der Waals surface area contributed by atoms with Gasteiger partial charge in [-0.25, -0.2) is 14.3 Å². The number of benzene rings is 1. The number of tetrazole rings is 1. The Kier molecular flexibility index (Phi) is 4.93. The van der Waals surface area contributed by atoms with E-state index in [1.165, 1.54) is 18.9 Å². The molecule has 3 aliphatic rings. The lowest BCUT2D eigenvalue weighted by Gasteiger charge is -2.36. The number of methoxy groups -OCH3 is 1. The average molecular weight is 427 g/mol. The molecule has 1 aliphatic heterocycles. The number of hydrogen-bond donors (Lipinski definition) is 1. The summed E-state index contributed by atoms with van der Waals surface area (Å²) in [6, 6.07) is 9.20. The summed E-state index contributed by atoms with van der Waals surface area (Å²) in [4.78, 5) is 27.7. The standard InChI is InChI=1S/C20H22N6O3S/c1-29-18(27)16-15(11-30-20-22-23-24-26(20)14-9-10-14)25(13-7-8-13)19(28)21-17(16)12-5-3-2-4-6-12/h2-6,13-14,17H,7-11H2,1H3,(H,21,28)/t17-/m1/s1. The maximum Gasteiger partial charge on any atom is 0.338 e. The summed E-state index contributed by atoms with van der Waals surface area (Å²) in [5.74, 6) is -0.0305. The van der Waals surface area contributed by atoms with Gasteiger partial charge in [0.1, 0.15) is 0 Å². The Bertz CT molecular complexity index is 999. The number of aromatic nitrogens is 4. The van der Waals surface area contributed by atoms with E-state index in [1.807, 2.05) is 35.0 Å². The number of thioether (sulfide) groups is 1. The van der Waals surface area contributed by atoms with Gasteiger partial charge in [0.25, 0.3) is 0 Å². The number of carbonyl (C=O) groups is 2. The van der Waals surface area contributed by atoms with Crippen molar-refractivity contribution in [3.63, 3.8) is 0 Å². The number of esters is 1. The molecule has 2 fully saturated rings. The molecule has 2 amide bonds. The van der Waals surface area contributed by atoms with E-state index in [9.17, 15) is 9.59 Å². The van der Waals surface area contributed by atoms with Crippen molar-refractivity contribution in [3.8, 4) is 0 Å². The van der Waals surface area contributed by atoms with Crippen LogP contribution in [0.1, 0.15) is 43.3 Å². The van der Waals surface area contributed by atoms with Gasteiger partial charge in [0.2, 0.25) is 5.16 Å². The number of nitrogens with one attached hydrogen (secondary N) is 1. The predicted octanol–water partition coefficient (Wildman–Crippen LogP) is 2.46. The van der Waals surface area contributed by atoms with Crippen LogP contribution in [-0.4, -0.2) is 56.0 Å². The van der Waals surface area contributed by atoms with Gasteiger partial charge in [-0.3, -0.25) is 4.90 Å². The molecule has 156 valence electrons. The van der Waals surface area contributed by atoms with Crippen molar-refractivity contribution in [2.45, 2.75) is 49.0 Å². The van der Waals surface area contributed by atoms with Crippen LogP contribution < -0.4 is 5.32 Å². The van der Waals surface area contributed by atoms with Crippen molar-refractivity contribution in [1.82, 2.24) is 30.4 Å². The second-order valence-corrected chi connectivity index (χ2v) is 8.61. The zero-order valence-electron chi connectivity index (χ0n) is 16.5. The molecule has 9 nitrogen and oxygen atoms in total. The smallest absolute Gasteiger partial charge is 0.338 e. The molecule has 0 bridgehead atoms. The zero-order chi connectivity index (χ0) is 20.7. The van der Waals surface area contributed by atoms with E-state index in [4.69, 9.17) is 4.74 Å². The number of amides is 2. The summed E-state index contributed by atoms with van der Waals surface area (Å²) in [6.07, 6.45) is 3.99. The Morgan fingerprint density at radius 2 is 1.93 bits per heavy atom. The zero-order valence-corrected chi connectivity index (χ0v) is 17.3. The van der Waals surface area contributed by atoms with Crippen molar-refractivity contribution < 1.29 is 14.3 Å². The van der Waals surface area contributed by atoms with Crippen molar-refractivity contribution in [3.05, 3.63) is 47.2 Å². The first kappa shape index (κ1) is 19.1. The SMILES string of the molecule is COC(=O)C1=C(CSc2nnnn2C2CC2)N(C2CC2)C(=O)N[C@@H]1c1ccccc1. The highest BCUT2D eigenvalue weighted by Gasteiger charge is 2.44. The van der Waals surface area contributed by atoms with Crippen LogP contribution in [0.3, 0.4) is 0 Å². The van der Waals surface area contributed by atoms with Crippen molar-refractivity contribution in [2.24, 2.45) is 0 Å². The first-order chi connectivity index (χ1) is 14.7. The molecule has 1 N–H and O–H groups in total.